The Bertz CT molecular complexity index is 1830. The molecule has 5 rings (SSSR count). The van der Waals surface area contributed by atoms with E-state index in [2.05, 4.69) is 14.8 Å². The van der Waals surface area contributed by atoms with Gasteiger partial charge in [0.1, 0.15) is 17.1 Å². The highest BCUT2D eigenvalue weighted by Crippen LogP contribution is 2.33. The molecular weight excluding hydrogens is 587 g/mol. The standard InChI is InChI=1S/C28H28ClFN6O5S/c1-18-13-25(41-28(30)8-4-3-5-9-28)32-17-23(18)36-26(31)20(16-33-36)27(37)35-11-7-19-14-24(40-2)21(15-22(19)35)34-42(38,39)12-6-10-29/h3-5,7-8,11,13-17,34H,6,9-10,12,31H2,1-2H3. The van der Waals surface area contributed by atoms with Crippen molar-refractivity contribution in [2.24, 2.45) is 0 Å². The molecule has 11 nitrogen and oxygen atoms in total. The van der Waals surface area contributed by atoms with E-state index in [0.717, 1.165) is 0 Å². The highest BCUT2D eigenvalue weighted by Gasteiger charge is 2.29. The fourth-order valence-corrected chi connectivity index (χ4v) is 5.93. The van der Waals surface area contributed by atoms with Crippen LogP contribution in [0.15, 0.2) is 67.2 Å². The maximum absolute atomic E-state index is 14.9. The topological polar surface area (TPSA) is 143 Å². The molecule has 220 valence electrons. The number of aryl methyl sites for hydroxylation is 1. The van der Waals surface area contributed by atoms with E-state index >= 15 is 0 Å². The van der Waals surface area contributed by atoms with Crippen molar-refractivity contribution >= 4 is 49.9 Å². The number of nitrogen functional groups attached to an aromatic ring is 1. The maximum atomic E-state index is 14.9. The van der Waals surface area contributed by atoms with Gasteiger partial charge in [-0.15, -0.1) is 11.6 Å². The van der Waals surface area contributed by atoms with Gasteiger partial charge in [0, 0.05) is 30.0 Å². The molecule has 1 unspecified atom stereocenters. The number of carbonyl (C=O) groups is 1. The molecule has 0 fully saturated rings. The Morgan fingerprint density at radius 2 is 2.07 bits per heavy atom. The van der Waals surface area contributed by atoms with Crippen LogP contribution in [-0.2, 0) is 10.0 Å². The molecule has 0 amide bonds. The van der Waals surface area contributed by atoms with E-state index in [4.69, 9.17) is 26.8 Å². The number of benzene rings is 1. The summed E-state index contributed by atoms with van der Waals surface area (Å²) in [5.41, 5.74) is 8.19. The number of pyridine rings is 1. The normalized spacial score (nSPS) is 16.6. The lowest BCUT2D eigenvalue weighted by atomic mass is 10.1. The Balaban J connectivity index is 1.44. The van der Waals surface area contributed by atoms with E-state index < -0.39 is 21.8 Å². The van der Waals surface area contributed by atoms with Crippen molar-refractivity contribution < 1.29 is 27.1 Å². The summed E-state index contributed by atoms with van der Waals surface area (Å²) in [5.74, 6) is -2.02. The summed E-state index contributed by atoms with van der Waals surface area (Å²) >= 11 is 5.65. The minimum Gasteiger partial charge on any atom is -0.495 e. The molecule has 1 aromatic carbocycles. The summed E-state index contributed by atoms with van der Waals surface area (Å²) in [6.07, 6.45) is 11.0. The van der Waals surface area contributed by atoms with Gasteiger partial charge in [0.25, 0.3) is 11.8 Å². The number of nitrogens with two attached hydrogens (primary N) is 1. The van der Waals surface area contributed by atoms with Crippen molar-refractivity contribution in [1.82, 2.24) is 19.3 Å². The molecule has 0 saturated heterocycles. The molecule has 3 N–H and O–H groups in total. The van der Waals surface area contributed by atoms with E-state index in [0.29, 0.717) is 27.9 Å². The molecule has 0 radical (unpaired) electrons. The first kappa shape index (κ1) is 29.1. The number of allylic oxidation sites excluding steroid dienone is 2. The fraction of sp³-hybridized carbons (Fsp3) is 0.250. The number of rotatable bonds is 10. The molecule has 3 heterocycles. The molecule has 4 aromatic rings. The van der Waals surface area contributed by atoms with Crippen LogP contribution in [0.25, 0.3) is 16.6 Å². The third-order valence-electron chi connectivity index (χ3n) is 6.63. The van der Waals surface area contributed by atoms with Crippen LogP contribution in [0.3, 0.4) is 0 Å². The van der Waals surface area contributed by atoms with E-state index in [1.807, 2.05) is 0 Å². The van der Waals surface area contributed by atoms with Crippen molar-refractivity contribution in [1.29, 1.82) is 0 Å². The number of sulfonamides is 1. The molecule has 42 heavy (non-hydrogen) atoms. The Morgan fingerprint density at radius 3 is 2.76 bits per heavy atom. The van der Waals surface area contributed by atoms with Gasteiger partial charge in [-0.25, -0.2) is 18.1 Å². The first-order valence-electron chi connectivity index (χ1n) is 12.9. The molecule has 0 aliphatic heterocycles. The lowest BCUT2D eigenvalue weighted by molar-refractivity contribution is -0.0166. The number of alkyl halides is 2. The number of fused-ring (bicyclic) bond motifs is 1. The summed E-state index contributed by atoms with van der Waals surface area (Å²) < 4.78 is 56.0. The third kappa shape index (κ3) is 5.83. The maximum Gasteiger partial charge on any atom is 0.272 e. The van der Waals surface area contributed by atoms with Gasteiger partial charge in [-0.3, -0.25) is 14.1 Å². The minimum absolute atomic E-state index is 0.0539. The molecule has 3 aromatic heterocycles. The number of nitrogens with one attached hydrogen (secondary N) is 1. The van der Waals surface area contributed by atoms with Crippen molar-refractivity contribution in [3.8, 4) is 17.3 Å². The fourth-order valence-electron chi connectivity index (χ4n) is 4.52. The molecule has 1 aliphatic rings. The Kier molecular flexibility index (Phi) is 7.97. The molecule has 0 bridgehead atoms. The molecular formula is C28H28ClFN6O5S. The number of halogens is 2. The predicted octanol–water partition coefficient (Wildman–Crippen LogP) is 4.74. The molecule has 14 heteroatoms. The largest absolute Gasteiger partial charge is 0.495 e. The zero-order valence-corrected chi connectivity index (χ0v) is 24.3. The van der Waals surface area contributed by atoms with Crippen LogP contribution in [0, 0.1) is 6.92 Å². The van der Waals surface area contributed by atoms with Crippen molar-refractivity contribution in [3.63, 3.8) is 0 Å². The first-order chi connectivity index (χ1) is 20.0. The van der Waals surface area contributed by atoms with E-state index in [1.54, 1.807) is 49.5 Å². The summed E-state index contributed by atoms with van der Waals surface area (Å²) in [6.45, 7) is 1.76. The van der Waals surface area contributed by atoms with Crippen molar-refractivity contribution in [3.05, 3.63) is 78.3 Å². The van der Waals surface area contributed by atoms with Crippen LogP contribution >= 0.6 is 11.6 Å². The quantitative estimate of drug-likeness (QED) is 0.244. The minimum atomic E-state index is -3.70. The highest BCUT2D eigenvalue weighted by molar-refractivity contribution is 7.92. The molecule has 1 aliphatic carbocycles. The molecule has 0 saturated carbocycles. The lowest BCUT2D eigenvalue weighted by Gasteiger charge is -2.23. The highest BCUT2D eigenvalue weighted by atomic mass is 35.5. The van der Waals surface area contributed by atoms with E-state index in [9.17, 15) is 17.6 Å². The summed E-state index contributed by atoms with van der Waals surface area (Å²) in [6, 6.07) is 6.41. The second-order valence-corrected chi connectivity index (χ2v) is 11.8. The van der Waals surface area contributed by atoms with Gasteiger partial charge in [-0.2, -0.15) is 9.49 Å². The van der Waals surface area contributed by atoms with Crippen LogP contribution in [-0.4, -0.2) is 58.3 Å². The van der Waals surface area contributed by atoms with E-state index in [-0.39, 0.29) is 47.4 Å². The number of aromatic nitrogens is 4. The first-order valence-corrected chi connectivity index (χ1v) is 15.1. The average molecular weight is 615 g/mol. The average Bonchev–Trinajstić information content (AvgIpc) is 3.54. The van der Waals surface area contributed by atoms with Gasteiger partial charge >= 0.3 is 0 Å². The summed E-state index contributed by atoms with van der Waals surface area (Å²) in [7, 11) is -2.28. The Morgan fingerprint density at radius 1 is 1.26 bits per heavy atom. The molecule has 0 spiro atoms. The summed E-state index contributed by atoms with van der Waals surface area (Å²) in [4.78, 5) is 17.8. The van der Waals surface area contributed by atoms with Crippen LogP contribution in [0.4, 0.5) is 15.9 Å². The van der Waals surface area contributed by atoms with Gasteiger partial charge in [0.15, 0.2) is 0 Å². The third-order valence-corrected chi connectivity index (χ3v) is 8.25. The van der Waals surface area contributed by atoms with Crippen molar-refractivity contribution in [2.45, 2.75) is 25.6 Å². The lowest BCUT2D eigenvalue weighted by Crippen LogP contribution is -2.28. The number of hydrogen-bond donors (Lipinski definition) is 2. The molecule has 1 atom stereocenters. The zero-order valence-electron chi connectivity index (χ0n) is 22.8. The number of methoxy groups -OCH3 is 1. The monoisotopic (exact) mass is 614 g/mol. The second-order valence-electron chi connectivity index (χ2n) is 9.61. The number of hydrogen-bond acceptors (Lipinski definition) is 8. The number of ether oxygens (including phenoxy) is 2. The zero-order chi connectivity index (χ0) is 30.1. The van der Waals surface area contributed by atoms with E-state index in [1.165, 1.54) is 40.9 Å². The van der Waals surface area contributed by atoms with Crippen LogP contribution in [0.5, 0.6) is 11.6 Å². The van der Waals surface area contributed by atoms with Gasteiger partial charge in [-0.1, -0.05) is 18.2 Å². The van der Waals surface area contributed by atoms with Crippen molar-refractivity contribution in [2.75, 3.05) is 29.2 Å². The second kappa shape index (κ2) is 11.5. The SMILES string of the molecule is COc1cc2ccn(C(=O)c3cnn(-c4cnc(OC5(F)C=CC=CC5)cc4C)c3N)c2cc1NS(=O)(=O)CCCCl. The van der Waals surface area contributed by atoms with Gasteiger partial charge in [0.05, 0.1) is 42.1 Å². The predicted molar refractivity (Wildman–Crippen MR) is 159 cm³/mol. The van der Waals surface area contributed by atoms with Crippen LogP contribution in [0.1, 0.15) is 28.8 Å². The van der Waals surface area contributed by atoms with Gasteiger partial charge in [0.2, 0.25) is 15.9 Å². The Labute approximate surface area is 246 Å². The smallest absolute Gasteiger partial charge is 0.272 e. The van der Waals surface area contributed by atoms with Gasteiger partial charge in [-0.05, 0) is 43.2 Å². The number of anilines is 2. The number of nitrogens with zero attached hydrogens (tertiary/aromatic N) is 4. The van der Waals surface area contributed by atoms with Crippen LogP contribution in [0.2, 0.25) is 0 Å². The Hall–Kier alpha value is -4.36. The summed E-state index contributed by atoms with van der Waals surface area (Å²) in [5, 5.41) is 4.94. The van der Waals surface area contributed by atoms with Crippen LogP contribution < -0.4 is 19.9 Å². The number of carbonyl (C=O) groups excluding carboxylic acids is 1. The van der Waals surface area contributed by atoms with Gasteiger partial charge < -0.3 is 15.2 Å².